The molecule has 0 radical (unpaired) electrons. The number of ether oxygens (including phenoxy) is 3. The fourth-order valence-electron chi connectivity index (χ4n) is 3.27. The number of rotatable bonds is 5. The van der Waals surface area contributed by atoms with Crippen LogP contribution in [0.4, 0.5) is 29.2 Å². The van der Waals surface area contributed by atoms with Crippen LogP contribution >= 0.6 is 11.6 Å². The molecule has 0 amide bonds. The zero-order valence-electron chi connectivity index (χ0n) is 16.8. The molecule has 4 rings (SSSR count). The van der Waals surface area contributed by atoms with Gasteiger partial charge in [-0.3, -0.25) is 0 Å². The highest BCUT2D eigenvalue weighted by molar-refractivity contribution is 6.30. The van der Waals surface area contributed by atoms with E-state index < -0.39 is 17.9 Å². The first kappa shape index (κ1) is 23.0. The Morgan fingerprint density at radius 1 is 1.15 bits per heavy atom. The number of alkyl halides is 3. The van der Waals surface area contributed by atoms with E-state index in [1.165, 1.54) is 12.1 Å². The van der Waals surface area contributed by atoms with Crippen LogP contribution in [-0.2, 0) is 9.53 Å². The summed E-state index contributed by atoms with van der Waals surface area (Å²) in [6.45, 7) is 0.846. The molecule has 2 aromatic carbocycles. The lowest BCUT2D eigenvalue weighted by Crippen LogP contribution is -2.28. The Kier molecular flexibility index (Phi) is 6.52. The number of nitrogens with zero attached hydrogens (tertiary/aromatic N) is 3. The standard InChI is InChI=1S/C21H16ClF4N3O4/c22-12-2-1-3-13(8-12)29(26)19-18-16(27-11-28-19)9-15(33-20(30)21(23,24)25)10-17(18)32-14-4-6-31-7-5-14/h1-3,8-11,14H,4-7H2. The van der Waals surface area contributed by atoms with Gasteiger partial charge in [-0.15, -0.1) is 0 Å². The number of hydrogen-bond acceptors (Lipinski definition) is 7. The van der Waals surface area contributed by atoms with Crippen molar-refractivity contribution in [2.24, 2.45) is 0 Å². The molecule has 7 nitrogen and oxygen atoms in total. The van der Waals surface area contributed by atoms with Gasteiger partial charge in [0.25, 0.3) is 0 Å². The van der Waals surface area contributed by atoms with Crippen LogP contribution in [0.5, 0.6) is 11.5 Å². The van der Waals surface area contributed by atoms with Gasteiger partial charge in [0.15, 0.2) is 5.82 Å². The summed E-state index contributed by atoms with van der Waals surface area (Å²) in [6, 6.07) is 8.10. The normalized spacial score (nSPS) is 14.8. The number of carbonyl (C=O) groups excluding carboxylic acids is 1. The number of halogens is 5. The summed E-state index contributed by atoms with van der Waals surface area (Å²) in [4.78, 5) is 19.4. The highest BCUT2D eigenvalue weighted by Crippen LogP contribution is 2.40. The maximum Gasteiger partial charge on any atom is 0.491 e. The average Bonchev–Trinajstić information content (AvgIpc) is 2.78. The molecule has 1 saturated heterocycles. The molecule has 0 bridgehead atoms. The van der Waals surface area contributed by atoms with E-state index in [0.29, 0.717) is 26.1 Å². The number of anilines is 2. The van der Waals surface area contributed by atoms with Gasteiger partial charge in [0.1, 0.15) is 23.9 Å². The Labute approximate surface area is 189 Å². The molecule has 1 aliphatic heterocycles. The van der Waals surface area contributed by atoms with Crippen molar-refractivity contribution in [3.63, 3.8) is 0 Å². The molecular formula is C21H16ClF4N3O4. The lowest BCUT2D eigenvalue weighted by atomic mass is 10.1. The Morgan fingerprint density at radius 2 is 1.91 bits per heavy atom. The van der Waals surface area contributed by atoms with Crippen molar-refractivity contribution in [3.8, 4) is 11.5 Å². The van der Waals surface area contributed by atoms with E-state index in [1.54, 1.807) is 12.1 Å². The molecule has 3 aromatic rings. The average molecular weight is 486 g/mol. The summed E-state index contributed by atoms with van der Waals surface area (Å²) in [7, 11) is 0. The summed E-state index contributed by atoms with van der Waals surface area (Å²) >= 11 is 5.96. The number of benzene rings is 2. The summed E-state index contributed by atoms with van der Waals surface area (Å²) in [6.07, 6.45) is -3.52. The minimum Gasteiger partial charge on any atom is -0.489 e. The van der Waals surface area contributed by atoms with Crippen LogP contribution in [-0.4, -0.2) is 41.4 Å². The van der Waals surface area contributed by atoms with E-state index in [1.807, 2.05) is 0 Å². The smallest absolute Gasteiger partial charge is 0.489 e. The Morgan fingerprint density at radius 3 is 2.61 bits per heavy atom. The predicted octanol–water partition coefficient (Wildman–Crippen LogP) is 5.33. The third-order valence-electron chi connectivity index (χ3n) is 4.78. The summed E-state index contributed by atoms with van der Waals surface area (Å²) < 4.78 is 69.2. The molecule has 174 valence electrons. The molecule has 0 N–H and O–H groups in total. The first-order valence-corrected chi connectivity index (χ1v) is 10.1. The Hall–Kier alpha value is -3.18. The number of aromatic nitrogens is 2. The lowest BCUT2D eigenvalue weighted by molar-refractivity contribution is -0.189. The van der Waals surface area contributed by atoms with E-state index >= 15 is 4.48 Å². The lowest BCUT2D eigenvalue weighted by Gasteiger charge is -2.25. The number of esters is 1. The van der Waals surface area contributed by atoms with Crippen molar-refractivity contribution < 1.29 is 36.7 Å². The number of fused-ring (bicyclic) bond motifs is 1. The van der Waals surface area contributed by atoms with Crippen LogP contribution < -0.4 is 14.6 Å². The van der Waals surface area contributed by atoms with Crippen molar-refractivity contribution in [2.75, 3.05) is 18.3 Å². The Bertz CT molecular complexity index is 1170. The van der Waals surface area contributed by atoms with Crippen LogP contribution in [0.1, 0.15) is 12.8 Å². The maximum atomic E-state index is 15.4. The summed E-state index contributed by atoms with van der Waals surface area (Å²) in [5.74, 6) is -3.12. The topological polar surface area (TPSA) is 73.8 Å². The van der Waals surface area contributed by atoms with Gasteiger partial charge in [0, 0.05) is 30.0 Å². The van der Waals surface area contributed by atoms with Crippen molar-refractivity contribution >= 4 is 40.0 Å². The minimum atomic E-state index is -5.20. The van der Waals surface area contributed by atoms with Gasteiger partial charge in [0.2, 0.25) is 0 Å². The third kappa shape index (κ3) is 5.25. The molecule has 0 atom stereocenters. The SMILES string of the molecule is O=C(Oc1cc(OC2CCOCC2)c2c(N(F)c3cccc(Cl)c3)ncnc2c1)C(F)(F)F. The first-order chi connectivity index (χ1) is 15.7. The monoisotopic (exact) mass is 485 g/mol. The predicted molar refractivity (Wildman–Crippen MR) is 110 cm³/mol. The van der Waals surface area contributed by atoms with Crippen LogP contribution in [0.3, 0.4) is 0 Å². The van der Waals surface area contributed by atoms with Gasteiger partial charge >= 0.3 is 12.1 Å². The zero-order chi connectivity index (χ0) is 23.6. The van der Waals surface area contributed by atoms with E-state index in [0.717, 1.165) is 18.5 Å². The molecule has 0 spiro atoms. The molecule has 0 unspecified atom stereocenters. The highest BCUT2D eigenvalue weighted by Gasteiger charge is 2.41. The van der Waals surface area contributed by atoms with Gasteiger partial charge in [-0.1, -0.05) is 22.1 Å². The van der Waals surface area contributed by atoms with Gasteiger partial charge in [-0.25, -0.2) is 14.8 Å². The summed E-state index contributed by atoms with van der Waals surface area (Å²) in [5.41, 5.74) is 0.0753. The number of carbonyl (C=O) groups is 1. The highest BCUT2D eigenvalue weighted by atomic mass is 35.5. The molecule has 33 heavy (non-hydrogen) atoms. The van der Waals surface area contributed by atoms with Crippen molar-refractivity contribution in [1.82, 2.24) is 9.97 Å². The third-order valence-corrected chi connectivity index (χ3v) is 5.02. The largest absolute Gasteiger partial charge is 0.491 e. The van der Waals surface area contributed by atoms with Crippen LogP contribution in [0.2, 0.25) is 5.02 Å². The first-order valence-electron chi connectivity index (χ1n) is 9.76. The second-order valence-corrected chi connectivity index (χ2v) is 7.53. The van der Waals surface area contributed by atoms with Gasteiger partial charge in [-0.05, 0) is 18.2 Å². The molecular weight excluding hydrogens is 470 g/mol. The summed E-state index contributed by atoms with van der Waals surface area (Å²) in [5, 5.41) is 0.625. The fourth-order valence-corrected chi connectivity index (χ4v) is 3.46. The molecule has 12 heteroatoms. The van der Waals surface area contributed by atoms with Crippen molar-refractivity contribution in [3.05, 3.63) is 47.7 Å². The fraction of sp³-hybridized carbons (Fsp3) is 0.286. The van der Waals surface area contributed by atoms with Crippen LogP contribution in [0, 0.1) is 0 Å². The van der Waals surface area contributed by atoms with Crippen molar-refractivity contribution in [2.45, 2.75) is 25.1 Å². The molecule has 2 heterocycles. The van der Waals surface area contributed by atoms with Crippen LogP contribution in [0.25, 0.3) is 10.9 Å². The molecule has 0 saturated carbocycles. The van der Waals surface area contributed by atoms with E-state index in [9.17, 15) is 18.0 Å². The molecule has 1 aromatic heterocycles. The van der Waals surface area contributed by atoms with E-state index in [-0.39, 0.29) is 44.4 Å². The van der Waals surface area contributed by atoms with Gasteiger partial charge in [0.05, 0.1) is 29.8 Å². The zero-order valence-corrected chi connectivity index (χ0v) is 17.6. The van der Waals surface area contributed by atoms with Gasteiger partial charge in [-0.2, -0.15) is 18.3 Å². The second kappa shape index (κ2) is 9.36. The molecule has 1 fully saturated rings. The second-order valence-electron chi connectivity index (χ2n) is 7.09. The number of hydrogen-bond donors (Lipinski definition) is 0. The van der Waals surface area contributed by atoms with Crippen molar-refractivity contribution in [1.29, 1.82) is 0 Å². The van der Waals surface area contributed by atoms with E-state index in [2.05, 4.69) is 14.7 Å². The van der Waals surface area contributed by atoms with Crippen LogP contribution in [0.15, 0.2) is 42.7 Å². The molecule has 1 aliphatic rings. The molecule has 0 aliphatic carbocycles. The maximum absolute atomic E-state index is 15.4. The minimum absolute atomic E-state index is 0.0132. The van der Waals surface area contributed by atoms with E-state index in [4.69, 9.17) is 21.1 Å². The Balaban J connectivity index is 1.81. The van der Waals surface area contributed by atoms with Gasteiger partial charge < -0.3 is 14.2 Å². The quantitative estimate of drug-likeness (QED) is 0.209.